The first kappa shape index (κ1) is 11.6. The minimum atomic E-state index is -1.02. The molecule has 15 heavy (non-hydrogen) atoms. The number of hydrogen-bond donors (Lipinski definition) is 2. The quantitative estimate of drug-likeness (QED) is 0.694. The van der Waals surface area contributed by atoms with Crippen molar-refractivity contribution in [1.29, 1.82) is 0 Å². The first-order valence-corrected chi connectivity index (χ1v) is 5.01. The fourth-order valence-corrected chi connectivity index (χ4v) is 1.17. The van der Waals surface area contributed by atoms with E-state index < -0.39 is 12.0 Å². The summed E-state index contributed by atoms with van der Waals surface area (Å²) in [5.74, 6) is -1.02. The van der Waals surface area contributed by atoms with Gasteiger partial charge in [-0.15, -0.1) is 5.10 Å². The second-order valence-electron chi connectivity index (χ2n) is 3.48. The smallest absolute Gasteiger partial charge is 0.320 e. The van der Waals surface area contributed by atoms with Crippen molar-refractivity contribution in [1.82, 2.24) is 15.0 Å². The summed E-state index contributed by atoms with van der Waals surface area (Å²) in [6.45, 7) is 2.91. The second kappa shape index (κ2) is 5.45. The van der Waals surface area contributed by atoms with Gasteiger partial charge in [0.2, 0.25) is 0 Å². The molecule has 1 aromatic heterocycles. The van der Waals surface area contributed by atoms with Crippen molar-refractivity contribution in [2.75, 3.05) is 0 Å². The highest BCUT2D eigenvalue weighted by Crippen LogP contribution is 1.99. The summed E-state index contributed by atoms with van der Waals surface area (Å²) in [5, 5.41) is 16.4. The van der Waals surface area contributed by atoms with E-state index >= 15 is 0 Å². The number of aliphatic carboxylic acids is 1. The molecule has 0 aliphatic carbocycles. The van der Waals surface area contributed by atoms with Crippen molar-refractivity contribution in [2.24, 2.45) is 5.73 Å². The Labute approximate surface area is 88.1 Å². The van der Waals surface area contributed by atoms with Crippen molar-refractivity contribution >= 4 is 5.97 Å². The second-order valence-corrected chi connectivity index (χ2v) is 3.48. The maximum Gasteiger partial charge on any atom is 0.320 e. The van der Waals surface area contributed by atoms with Gasteiger partial charge in [-0.1, -0.05) is 18.6 Å². The van der Waals surface area contributed by atoms with Crippen LogP contribution in [-0.2, 0) is 17.8 Å². The molecule has 6 nitrogen and oxygen atoms in total. The topological polar surface area (TPSA) is 94.0 Å². The van der Waals surface area contributed by atoms with Crippen LogP contribution in [0.5, 0.6) is 0 Å². The monoisotopic (exact) mass is 212 g/mol. The van der Waals surface area contributed by atoms with Crippen LogP contribution < -0.4 is 5.73 Å². The lowest BCUT2D eigenvalue weighted by Gasteiger charge is -2.01. The van der Waals surface area contributed by atoms with Gasteiger partial charge in [0.25, 0.3) is 0 Å². The summed E-state index contributed by atoms with van der Waals surface area (Å²) >= 11 is 0. The Hall–Kier alpha value is -1.43. The van der Waals surface area contributed by atoms with Crippen LogP contribution in [0, 0.1) is 0 Å². The maximum atomic E-state index is 10.5. The van der Waals surface area contributed by atoms with Gasteiger partial charge in [0, 0.05) is 19.2 Å². The standard InChI is InChI=1S/C9H16N4O2/c1-2-3-4-13-6-7(11-12-13)5-8(10)9(14)15/h6,8H,2-5,10H2,1H3,(H,14,15). The number of hydrogen-bond acceptors (Lipinski definition) is 4. The van der Waals surface area contributed by atoms with Crippen LogP contribution in [0.3, 0.4) is 0 Å². The molecule has 0 radical (unpaired) electrons. The molecule has 0 aromatic carbocycles. The van der Waals surface area contributed by atoms with Gasteiger partial charge >= 0.3 is 5.97 Å². The molecule has 0 aliphatic rings. The highest BCUT2D eigenvalue weighted by atomic mass is 16.4. The van der Waals surface area contributed by atoms with Crippen LogP contribution >= 0.6 is 0 Å². The van der Waals surface area contributed by atoms with E-state index in [0.29, 0.717) is 5.69 Å². The Morgan fingerprint density at radius 3 is 3.07 bits per heavy atom. The van der Waals surface area contributed by atoms with Crippen molar-refractivity contribution in [2.45, 2.75) is 38.8 Å². The van der Waals surface area contributed by atoms with Crippen LogP contribution in [0.4, 0.5) is 0 Å². The summed E-state index contributed by atoms with van der Waals surface area (Å²) in [5.41, 5.74) is 6.01. The summed E-state index contributed by atoms with van der Waals surface area (Å²) < 4.78 is 1.72. The molecule has 0 saturated carbocycles. The van der Waals surface area contributed by atoms with E-state index in [1.54, 1.807) is 10.9 Å². The molecule has 0 spiro atoms. The van der Waals surface area contributed by atoms with E-state index in [1.165, 1.54) is 0 Å². The number of carboxylic acid groups (broad SMARTS) is 1. The molecule has 0 aliphatic heterocycles. The van der Waals surface area contributed by atoms with E-state index in [-0.39, 0.29) is 6.42 Å². The van der Waals surface area contributed by atoms with Crippen LogP contribution in [0.2, 0.25) is 0 Å². The third kappa shape index (κ3) is 3.67. The highest BCUT2D eigenvalue weighted by molar-refractivity contribution is 5.73. The van der Waals surface area contributed by atoms with E-state index in [1.807, 2.05) is 0 Å². The van der Waals surface area contributed by atoms with E-state index in [0.717, 1.165) is 19.4 Å². The maximum absolute atomic E-state index is 10.5. The summed E-state index contributed by atoms with van der Waals surface area (Å²) in [4.78, 5) is 10.5. The van der Waals surface area contributed by atoms with E-state index in [2.05, 4.69) is 17.2 Å². The molecule has 6 heteroatoms. The lowest BCUT2D eigenvalue weighted by Crippen LogP contribution is -2.32. The van der Waals surface area contributed by atoms with E-state index in [4.69, 9.17) is 10.8 Å². The van der Waals surface area contributed by atoms with E-state index in [9.17, 15) is 4.79 Å². The highest BCUT2D eigenvalue weighted by Gasteiger charge is 2.14. The number of aryl methyl sites for hydroxylation is 1. The SMILES string of the molecule is CCCCn1cc(CC(N)C(=O)O)nn1. The van der Waals surface area contributed by atoms with Crippen LogP contribution in [0.25, 0.3) is 0 Å². The fourth-order valence-electron chi connectivity index (χ4n) is 1.17. The predicted octanol–water partition coefficient (Wildman–Crippen LogP) is 0.0326. The average molecular weight is 212 g/mol. The molecule has 1 aromatic rings. The third-order valence-corrected chi connectivity index (χ3v) is 2.07. The third-order valence-electron chi connectivity index (χ3n) is 2.07. The van der Waals surface area contributed by atoms with Crippen LogP contribution in [0.15, 0.2) is 6.20 Å². The average Bonchev–Trinajstić information content (AvgIpc) is 2.62. The number of carboxylic acids is 1. The molecular formula is C9H16N4O2. The summed E-state index contributed by atoms with van der Waals surface area (Å²) in [7, 11) is 0. The molecule has 3 N–H and O–H groups in total. The number of aromatic nitrogens is 3. The van der Waals surface area contributed by atoms with Crippen molar-refractivity contribution in [3.63, 3.8) is 0 Å². The van der Waals surface area contributed by atoms with Gasteiger partial charge in [0.05, 0.1) is 5.69 Å². The number of rotatable bonds is 6. The molecule has 84 valence electrons. The van der Waals surface area contributed by atoms with Crippen molar-refractivity contribution in [3.8, 4) is 0 Å². The summed E-state index contributed by atoms with van der Waals surface area (Å²) in [6, 6.07) is -0.902. The van der Waals surface area contributed by atoms with Crippen molar-refractivity contribution < 1.29 is 9.90 Å². The Kier molecular flexibility index (Phi) is 4.23. The molecule has 0 bridgehead atoms. The summed E-state index contributed by atoms with van der Waals surface area (Å²) in [6.07, 6.45) is 4.09. The van der Waals surface area contributed by atoms with Crippen LogP contribution in [-0.4, -0.2) is 32.1 Å². The number of unbranched alkanes of at least 4 members (excludes halogenated alkanes) is 1. The van der Waals surface area contributed by atoms with Crippen LogP contribution in [0.1, 0.15) is 25.5 Å². The Morgan fingerprint density at radius 2 is 2.47 bits per heavy atom. The molecule has 0 saturated heterocycles. The lowest BCUT2D eigenvalue weighted by atomic mass is 10.2. The minimum Gasteiger partial charge on any atom is -0.480 e. The molecule has 1 unspecified atom stereocenters. The Morgan fingerprint density at radius 1 is 1.73 bits per heavy atom. The molecule has 0 amide bonds. The number of carbonyl (C=O) groups is 1. The van der Waals surface area contributed by atoms with Gasteiger partial charge in [-0.2, -0.15) is 0 Å². The fraction of sp³-hybridized carbons (Fsp3) is 0.667. The predicted molar refractivity (Wildman–Crippen MR) is 54.2 cm³/mol. The molecule has 1 rings (SSSR count). The molecule has 0 fully saturated rings. The zero-order valence-electron chi connectivity index (χ0n) is 8.76. The van der Waals surface area contributed by atoms with Gasteiger partial charge in [-0.3, -0.25) is 9.48 Å². The normalized spacial score (nSPS) is 12.7. The lowest BCUT2D eigenvalue weighted by molar-refractivity contribution is -0.138. The van der Waals surface area contributed by atoms with Gasteiger partial charge in [0.15, 0.2) is 0 Å². The Bertz CT molecular complexity index is 324. The first-order valence-electron chi connectivity index (χ1n) is 5.01. The minimum absolute atomic E-state index is 0.224. The van der Waals surface area contributed by atoms with Gasteiger partial charge in [0.1, 0.15) is 6.04 Å². The zero-order valence-corrected chi connectivity index (χ0v) is 8.76. The van der Waals surface area contributed by atoms with Gasteiger partial charge in [-0.25, -0.2) is 0 Å². The number of nitrogens with zero attached hydrogens (tertiary/aromatic N) is 3. The van der Waals surface area contributed by atoms with Gasteiger partial charge < -0.3 is 10.8 Å². The first-order chi connectivity index (χ1) is 7.13. The number of nitrogens with two attached hydrogens (primary N) is 1. The molecule has 1 atom stereocenters. The van der Waals surface area contributed by atoms with Gasteiger partial charge in [-0.05, 0) is 6.42 Å². The van der Waals surface area contributed by atoms with Crippen molar-refractivity contribution in [3.05, 3.63) is 11.9 Å². The zero-order chi connectivity index (χ0) is 11.3. The molecule has 1 heterocycles. The Balaban J connectivity index is 2.49. The largest absolute Gasteiger partial charge is 0.480 e. The molecular weight excluding hydrogens is 196 g/mol.